The Morgan fingerprint density at radius 1 is 0.968 bits per heavy atom. The molecule has 0 unspecified atom stereocenters. The lowest BCUT2D eigenvalue weighted by Gasteiger charge is -2.31. The average Bonchev–Trinajstić information content (AvgIpc) is 2.76. The monoisotopic (exact) mass is 439 g/mol. The van der Waals surface area contributed by atoms with Gasteiger partial charge in [-0.05, 0) is 60.0 Å². The minimum atomic E-state index is -3.70. The number of hydrogen-bond acceptors (Lipinski definition) is 4. The largest absolute Gasteiger partial charge is 0.312 e. The maximum Gasteiger partial charge on any atom is 0.261 e. The summed E-state index contributed by atoms with van der Waals surface area (Å²) in [5.74, 6) is -0.305. The average molecular weight is 440 g/mol. The Morgan fingerprint density at radius 2 is 1.58 bits per heavy atom. The highest BCUT2D eigenvalue weighted by Crippen LogP contribution is 2.23. The summed E-state index contributed by atoms with van der Waals surface area (Å²) >= 11 is 0. The molecule has 162 valence electrons. The highest BCUT2D eigenvalue weighted by Gasteiger charge is 2.17. The second-order valence-electron chi connectivity index (χ2n) is 7.92. The number of rotatable bonds is 6. The number of nitrogens with one attached hydrogen (secondary N) is 2. The minimum absolute atomic E-state index is 0.178. The molecule has 0 bridgehead atoms. The molecule has 1 fully saturated rings. The van der Waals surface area contributed by atoms with Gasteiger partial charge in [-0.25, -0.2) is 12.8 Å². The van der Waals surface area contributed by atoms with Crippen LogP contribution in [-0.4, -0.2) is 39.0 Å². The first-order chi connectivity index (χ1) is 14.9. The molecule has 3 aromatic rings. The molecule has 0 aromatic heterocycles. The number of sulfonamides is 1. The first kappa shape index (κ1) is 21.5. The van der Waals surface area contributed by atoms with Crippen LogP contribution in [0.25, 0.3) is 11.1 Å². The number of hydrogen-bond donors (Lipinski definition) is 2. The summed E-state index contributed by atoms with van der Waals surface area (Å²) in [5.41, 5.74) is 3.33. The maximum atomic E-state index is 13.1. The summed E-state index contributed by atoms with van der Waals surface area (Å²) in [7, 11) is -3.70. The summed E-state index contributed by atoms with van der Waals surface area (Å²) in [6.45, 7) is 6.02. The third-order valence-electron chi connectivity index (χ3n) is 5.41. The van der Waals surface area contributed by atoms with Gasteiger partial charge in [0.25, 0.3) is 10.0 Å². The molecule has 0 aliphatic carbocycles. The van der Waals surface area contributed by atoms with Gasteiger partial charge in [0.2, 0.25) is 0 Å². The highest BCUT2D eigenvalue weighted by atomic mass is 32.2. The molecule has 1 saturated heterocycles. The van der Waals surface area contributed by atoms with E-state index in [1.165, 1.54) is 12.1 Å². The van der Waals surface area contributed by atoms with Crippen molar-refractivity contribution in [2.45, 2.75) is 24.4 Å². The van der Waals surface area contributed by atoms with E-state index in [0.29, 0.717) is 11.7 Å². The number of anilines is 1. The van der Waals surface area contributed by atoms with Crippen LogP contribution >= 0.6 is 0 Å². The van der Waals surface area contributed by atoms with Crippen LogP contribution < -0.4 is 10.0 Å². The predicted molar refractivity (Wildman–Crippen MR) is 122 cm³/mol. The molecule has 4 rings (SSSR count). The summed E-state index contributed by atoms with van der Waals surface area (Å²) in [6.07, 6.45) is 0. The van der Waals surface area contributed by atoms with Crippen molar-refractivity contribution >= 4 is 15.7 Å². The molecule has 1 aliphatic rings. The number of piperazine rings is 1. The van der Waals surface area contributed by atoms with Gasteiger partial charge in [0.05, 0.1) is 4.90 Å². The fourth-order valence-corrected chi connectivity index (χ4v) is 4.83. The number of halogens is 1. The first-order valence-electron chi connectivity index (χ1n) is 10.3. The summed E-state index contributed by atoms with van der Waals surface area (Å²) in [5, 5.41) is 3.43. The van der Waals surface area contributed by atoms with Gasteiger partial charge in [0.15, 0.2) is 0 Å². The van der Waals surface area contributed by atoms with Gasteiger partial charge >= 0.3 is 0 Å². The van der Waals surface area contributed by atoms with Crippen molar-refractivity contribution in [2.75, 3.05) is 24.4 Å². The van der Waals surface area contributed by atoms with E-state index in [0.717, 1.165) is 42.9 Å². The van der Waals surface area contributed by atoms with Crippen molar-refractivity contribution in [3.05, 3.63) is 84.2 Å². The highest BCUT2D eigenvalue weighted by molar-refractivity contribution is 7.92. The smallest absolute Gasteiger partial charge is 0.261 e. The third kappa shape index (κ3) is 5.50. The molecule has 1 heterocycles. The molecule has 0 spiro atoms. The number of nitrogens with zero attached hydrogens (tertiary/aromatic N) is 1. The van der Waals surface area contributed by atoms with Crippen LogP contribution in [0.3, 0.4) is 0 Å². The van der Waals surface area contributed by atoms with Gasteiger partial charge in [-0.3, -0.25) is 9.62 Å². The summed E-state index contributed by atoms with van der Waals surface area (Å²) in [6, 6.07) is 20.7. The van der Waals surface area contributed by atoms with Crippen molar-refractivity contribution in [1.29, 1.82) is 0 Å². The zero-order chi connectivity index (χ0) is 21.8. The fourth-order valence-electron chi connectivity index (χ4n) is 3.78. The molecular formula is C24H26FN3O2S. The first-order valence-corrected chi connectivity index (χ1v) is 11.8. The van der Waals surface area contributed by atoms with E-state index in [2.05, 4.69) is 21.9 Å². The topological polar surface area (TPSA) is 61.4 Å². The molecular weight excluding hydrogens is 413 g/mol. The molecule has 2 N–H and O–H groups in total. The molecule has 1 aliphatic heterocycles. The molecule has 0 saturated carbocycles. The van der Waals surface area contributed by atoms with Crippen LogP contribution in [0.2, 0.25) is 0 Å². The van der Waals surface area contributed by atoms with E-state index < -0.39 is 10.0 Å². The Hall–Kier alpha value is -2.74. The van der Waals surface area contributed by atoms with Gasteiger partial charge in [-0.2, -0.15) is 0 Å². The van der Waals surface area contributed by atoms with Crippen molar-refractivity contribution in [2.24, 2.45) is 0 Å². The Balaban J connectivity index is 1.41. The van der Waals surface area contributed by atoms with E-state index in [9.17, 15) is 12.8 Å². The molecule has 31 heavy (non-hydrogen) atoms. The van der Waals surface area contributed by atoms with Crippen LogP contribution in [0.5, 0.6) is 0 Å². The Kier molecular flexibility index (Phi) is 6.36. The zero-order valence-corrected chi connectivity index (χ0v) is 18.2. The predicted octanol–water partition coefficient (Wildman–Crippen LogP) is 4.09. The molecule has 3 aromatic carbocycles. The van der Waals surface area contributed by atoms with Gasteiger partial charge in [-0.15, -0.1) is 0 Å². The lowest BCUT2D eigenvalue weighted by atomic mass is 10.1. The number of benzene rings is 3. The normalized spacial score (nSPS) is 17.4. The lowest BCUT2D eigenvalue weighted by Crippen LogP contribution is -2.48. The standard InChI is InChI=1S/C24H26FN3O2S/c1-18-16-28(15-14-26-18)17-19-2-10-23(11-3-19)27-31(29,30)24-12-6-21(7-13-24)20-4-8-22(25)9-5-20/h2-13,18,26-27H,14-17H2,1H3/t18-/m0/s1. The molecule has 7 heteroatoms. The summed E-state index contributed by atoms with van der Waals surface area (Å²) in [4.78, 5) is 2.57. The second-order valence-corrected chi connectivity index (χ2v) is 9.61. The molecule has 0 amide bonds. The fraction of sp³-hybridized carbons (Fsp3) is 0.250. The molecule has 0 radical (unpaired) electrons. The van der Waals surface area contributed by atoms with Crippen molar-refractivity contribution in [1.82, 2.24) is 10.2 Å². The quantitative estimate of drug-likeness (QED) is 0.607. The van der Waals surface area contributed by atoms with Gasteiger partial charge in [0, 0.05) is 37.9 Å². The van der Waals surface area contributed by atoms with E-state index >= 15 is 0 Å². The van der Waals surface area contributed by atoms with Gasteiger partial charge < -0.3 is 5.32 Å². The Bertz CT molecular complexity index is 1110. The van der Waals surface area contributed by atoms with E-state index in [1.807, 2.05) is 12.1 Å². The van der Waals surface area contributed by atoms with Crippen molar-refractivity contribution in [3.8, 4) is 11.1 Å². The van der Waals surface area contributed by atoms with Crippen LogP contribution in [0.15, 0.2) is 77.7 Å². The minimum Gasteiger partial charge on any atom is -0.312 e. The lowest BCUT2D eigenvalue weighted by molar-refractivity contribution is 0.199. The maximum absolute atomic E-state index is 13.1. The summed E-state index contributed by atoms with van der Waals surface area (Å²) < 4.78 is 41.2. The molecule has 5 nitrogen and oxygen atoms in total. The van der Waals surface area contributed by atoms with Gasteiger partial charge in [-0.1, -0.05) is 36.4 Å². The van der Waals surface area contributed by atoms with E-state index in [-0.39, 0.29) is 10.7 Å². The molecule has 1 atom stereocenters. The third-order valence-corrected chi connectivity index (χ3v) is 6.80. The van der Waals surface area contributed by atoms with Crippen LogP contribution in [0.4, 0.5) is 10.1 Å². The Morgan fingerprint density at radius 3 is 2.19 bits per heavy atom. The van der Waals surface area contributed by atoms with Gasteiger partial charge in [0.1, 0.15) is 5.82 Å². The van der Waals surface area contributed by atoms with E-state index in [4.69, 9.17) is 0 Å². The van der Waals surface area contributed by atoms with Crippen LogP contribution in [0, 0.1) is 5.82 Å². The van der Waals surface area contributed by atoms with E-state index in [1.54, 1.807) is 48.5 Å². The SMILES string of the molecule is C[C@H]1CN(Cc2ccc(NS(=O)(=O)c3ccc(-c4ccc(F)cc4)cc3)cc2)CCN1. The zero-order valence-electron chi connectivity index (χ0n) is 17.4. The van der Waals surface area contributed by atoms with Crippen molar-refractivity contribution < 1.29 is 12.8 Å². The van der Waals surface area contributed by atoms with Crippen molar-refractivity contribution in [3.63, 3.8) is 0 Å². The van der Waals surface area contributed by atoms with Crippen LogP contribution in [0.1, 0.15) is 12.5 Å². The second kappa shape index (κ2) is 9.18. The Labute approximate surface area is 183 Å². The van der Waals surface area contributed by atoms with Crippen LogP contribution in [-0.2, 0) is 16.6 Å².